The summed E-state index contributed by atoms with van der Waals surface area (Å²) in [5.74, 6) is -1.66. The topological polar surface area (TPSA) is 79.5 Å². The van der Waals surface area contributed by atoms with Crippen molar-refractivity contribution in [1.29, 1.82) is 0 Å². The molecule has 2 aromatic carbocycles. The number of ether oxygens (including phenoxy) is 2. The van der Waals surface area contributed by atoms with Crippen LogP contribution in [0.1, 0.15) is 17.5 Å². The van der Waals surface area contributed by atoms with Crippen LogP contribution >= 0.6 is 0 Å². The number of hydrogen-bond acceptors (Lipinski definition) is 5. The van der Waals surface area contributed by atoms with Crippen LogP contribution in [-0.4, -0.2) is 34.2 Å². The van der Waals surface area contributed by atoms with Gasteiger partial charge < -0.3 is 18.6 Å². The quantitative estimate of drug-likeness (QED) is 0.358. The summed E-state index contributed by atoms with van der Waals surface area (Å²) < 4.78 is 13.7. The maximum absolute atomic E-state index is 12.9. The maximum atomic E-state index is 12.9. The summed E-state index contributed by atoms with van der Waals surface area (Å²) in [4.78, 5) is 37.4. The molecule has 0 spiro atoms. The standard InChI is InChI=1S/C25H20N2O5/c1-26-13-17(15-7-3-5-9-19(15)26)22-23(25(30)32-24(22)29)18-14-27(12-11-21(28)31-2)20-10-6-4-8-16(18)20/h3-10,13-14H,11-12H2,1-2H3. The Bertz CT molecular complexity index is 1450. The molecule has 0 atom stereocenters. The highest BCUT2D eigenvalue weighted by atomic mass is 16.6. The number of esters is 3. The molecule has 1 aliphatic rings. The maximum Gasteiger partial charge on any atom is 0.347 e. The smallest absolute Gasteiger partial charge is 0.347 e. The summed E-state index contributed by atoms with van der Waals surface area (Å²) in [6.45, 7) is 0.382. The molecule has 0 radical (unpaired) electrons. The Balaban J connectivity index is 1.75. The molecule has 160 valence electrons. The molecule has 7 heteroatoms. The lowest BCUT2D eigenvalue weighted by Crippen LogP contribution is -2.06. The summed E-state index contributed by atoms with van der Waals surface area (Å²) in [5.41, 5.74) is 3.54. The van der Waals surface area contributed by atoms with Crippen LogP contribution in [0.2, 0.25) is 0 Å². The lowest BCUT2D eigenvalue weighted by Gasteiger charge is -2.03. The zero-order chi connectivity index (χ0) is 22.4. The third-order valence-corrected chi connectivity index (χ3v) is 5.85. The van der Waals surface area contributed by atoms with E-state index in [-0.39, 0.29) is 23.5 Å². The van der Waals surface area contributed by atoms with E-state index in [9.17, 15) is 14.4 Å². The minimum Gasteiger partial charge on any atom is -0.469 e. The number of hydrogen-bond donors (Lipinski definition) is 0. The van der Waals surface area contributed by atoms with Crippen molar-refractivity contribution in [3.05, 3.63) is 72.1 Å². The van der Waals surface area contributed by atoms with E-state index in [0.29, 0.717) is 17.7 Å². The number of aromatic nitrogens is 2. The number of rotatable bonds is 5. The minimum atomic E-state index is -0.672. The Morgan fingerprint density at radius 2 is 1.44 bits per heavy atom. The lowest BCUT2D eigenvalue weighted by atomic mass is 9.95. The predicted molar refractivity (Wildman–Crippen MR) is 119 cm³/mol. The van der Waals surface area contributed by atoms with Gasteiger partial charge in [-0.2, -0.15) is 0 Å². The largest absolute Gasteiger partial charge is 0.469 e. The highest BCUT2D eigenvalue weighted by molar-refractivity contribution is 6.46. The van der Waals surface area contributed by atoms with Crippen molar-refractivity contribution in [2.45, 2.75) is 13.0 Å². The van der Waals surface area contributed by atoms with E-state index in [0.717, 1.165) is 21.8 Å². The first-order chi connectivity index (χ1) is 15.5. The highest BCUT2D eigenvalue weighted by Crippen LogP contribution is 2.40. The van der Waals surface area contributed by atoms with E-state index >= 15 is 0 Å². The Morgan fingerprint density at radius 3 is 2.09 bits per heavy atom. The van der Waals surface area contributed by atoms with Crippen LogP contribution in [0.15, 0.2) is 60.9 Å². The molecule has 4 aromatic rings. The number of carbonyl (C=O) groups is 3. The average molecular weight is 428 g/mol. The number of benzene rings is 2. The fourth-order valence-electron chi connectivity index (χ4n) is 4.37. The molecule has 2 aromatic heterocycles. The lowest BCUT2D eigenvalue weighted by molar-refractivity contribution is -0.149. The first-order valence-corrected chi connectivity index (χ1v) is 10.2. The van der Waals surface area contributed by atoms with Crippen LogP contribution in [0.3, 0.4) is 0 Å². The van der Waals surface area contributed by atoms with Crippen LogP contribution in [0.5, 0.6) is 0 Å². The monoisotopic (exact) mass is 428 g/mol. The number of para-hydroxylation sites is 2. The molecule has 0 N–H and O–H groups in total. The van der Waals surface area contributed by atoms with E-state index in [1.807, 2.05) is 70.9 Å². The number of cyclic esters (lactones) is 2. The summed E-state index contributed by atoms with van der Waals surface area (Å²) in [5, 5.41) is 1.67. The van der Waals surface area contributed by atoms with Crippen LogP contribution < -0.4 is 0 Å². The molecule has 0 amide bonds. The predicted octanol–water partition coefficient (Wildman–Crippen LogP) is 3.69. The van der Waals surface area contributed by atoms with Gasteiger partial charge in [0.2, 0.25) is 0 Å². The molecule has 0 unspecified atom stereocenters. The van der Waals surface area contributed by atoms with E-state index < -0.39 is 11.9 Å². The number of aryl methyl sites for hydroxylation is 2. The molecule has 5 rings (SSSR count). The molecule has 0 bridgehead atoms. The van der Waals surface area contributed by atoms with Crippen molar-refractivity contribution in [2.75, 3.05) is 7.11 Å². The van der Waals surface area contributed by atoms with E-state index in [1.54, 1.807) is 6.20 Å². The van der Waals surface area contributed by atoms with Gasteiger partial charge in [-0.15, -0.1) is 0 Å². The number of nitrogens with zero attached hydrogens (tertiary/aromatic N) is 2. The Hall–Kier alpha value is -4.13. The zero-order valence-corrected chi connectivity index (χ0v) is 17.6. The first-order valence-electron chi connectivity index (χ1n) is 10.2. The van der Waals surface area contributed by atoms with Gasteiger partial charge in [0.1, 0.15) is 0 Å². The highest BCUT2D eigenvalue weighted by Gasteiger charge is 2.37. The molecule has 0 saturated heterocycles. The third kappa shape index (κ3) is 3.01. The van der Waals surface area contributed by atoms with E-state index in [4.69, 9.17) is 9.47 Å². The molecule has 1 aliphatic heterocycles. The van der Waals surface area contributed by atoms with Gasteiger partial charge in [0.15, 0.2) is 0 Å². The Morgan fingerprint density at radius 1 is 0.875 bits per heavy atom. The molecule has 7 nitrogen and oxygen atoms in total. The van der Waals surface area contributed by atoms with Crippen molar-refractivity contribution in [2.24, 2.45) is 7.05 Å². The molecular formula is C25H20N2O5. The second-order valence-corrected chi connectivity index (χ2v) is 7.68. The zero-order valence-electron chi connectivity index (χ0n) is 17.6. The van der Waals surface area contributed by atoms with Crippen molar-refractivity contribution in [3.63, 3.8) is 0 Å². The van der Waals surface area contributed by atoms with Crippen molar-refractivity contribution < 1.29 is 23.9 Å². The van der Waals surface area contributed by atoms with E-state index in [2.05, 4.69) is 0 Å². The van der Waals surface area contributed by atoms with Gasteiger partial charge in [0, 0.05) is 58.9 Å². The van der Waals surface area contributed by atoms with Crippen molar-refractivity contribution >= 4 is 50.9 Å². The second kappa shape index (κ2) is 7.53. The van der Waals surface area contributed by atoms with Gasteiger partial charge in [-0.3, -0.25) is 4.79 Å². The molecule has 3 heterocycles. The van der Waals surface area contributed by atoms with E-state index in [1.165, 1.54) is 7.11 Å². The average Bonchev–Trinajstić information content (AvgIpc) is 3.43. The summed E-state index contributed by atoms with van der Waals surface area (Å²) in [6, 6.07) is 15.3. The molecule has 0 fully saturated rings. The number of methoxy groups -OCH3 is 1. The van der Waals surface area contributed by atoms with Gasteiger partial charge in [0.25, 0.3) is 0 Å². The van der Waals surface area contributed by atoms with Crippen molar-refractivity contribution in [3.8, 4) is 0 Å². The molecular weight excluding hydrogens is 408 g/mol. The normalized spacial score (nSPS) is 13.9. The van der Waals surface area contributed by atoms with Gasteiger partial charge >= 0.3 is 17.9 Å². The molecule has 0 saturated carbocycles. The molecule has 32 heavy (non-hydrogen) atoms. The fourth-order valence-corrected chi connectivity index (χ4v) is 4.37. The van der Waals surface area contributed by atoms with Gasteiger partial charge in [0.05, 0.1) is 24.7 Å². The Labute approximate surface area is 183 Å². The van der Waals surface area contributed by atoms with Gasteiger partial charge in [-0.05, 0) is 12.1 Å². The van der Waals surface area contributed by atoms with Crippen LogP contribution in [0, 0.1) is 0 Å². The van der Waals surface area contributed by atoms with Crippen molar-refractivity contribution in [1.82, 2.24) is 9.13 Å². The summed E-state index contributed by atoms with van der Waals surface area (Å²) >= 11 is 0. The fraction of sp³-hybridized carbons (Fsp3) is 0.160. The minimum absolute atomic E-state index is 0.188. The van der Waals surface area contributed by atoms with Crippen LogP contribution in [0.4, 0.5) is 0 Å². The van der Waals surface area contributed by atoms with Gasteiger partial charge in [-0.1, -0.05) is 36.4 Å². The summed E-state index contributed by atoms with van der Waals surface area (Å²) in [7, 11) is 3.25. The number of fused-ring (bicyclic) bond motifs is 2. The van der Waals surface area contributed by atoms with Crippen LogP contribution in [0.25, 0.3) is 33.0 Å². The first kappa shape index (κ1) is 19.8. The Kier molecular flexibility index (Phi) is 4.66. The summed E-state index contributed by atoms with van der Waals surface area (Å²) in [6.07, 6.45) is 3.83. The third-order valence-electron chi connectivity index (χ3n) is 5.85. The van der Waals surface area contributed by atoms with Gasteiger partial charge in [-0.25, -0.2) is 9.59 Å². The molecule has 0 aliphatic carbocycles. The number of carbonyl (C=O) groups excluding carboxylic acids is 3. The van der Waals surface area contributed by atoms with Crippen LogP contribution in [-0.2, 0) is 37.4 Å². The second-order valence-electron chi connectivity index (χ2n) is 7.68. The SMILES string of the molecule is COC(=O)CCn1cc(C2=C(c3cn(C)c4ccccc34)C(=O)OC2=O)c2ccccc21.